The highest BCUT2D eigenvalue weighted by molar-refractivity contribution is 6.63. The molecule has 2 heterocycles. The average Bonchev–Trinajstić information content (AvgIpc) is 2.48. The fourth-order valence-corrected chi connectivity index (χ4v) is 2.21. The van der Waals surface area contributed by atoms with Gasteiger partial charge in [0.1, 0.15) is 0 Å². The van der Waals surface area contributed by atoms with E-state index in [1.165, 1.54) is 0 Å². The Hall–Kier alpha value is -1.13. The number of rotatable bonds is 3. The molecule has 0 amide bonds. The molecule has 0 spiro atoms. The molecule has 3 nitrogen and oxygen atoms in total. The van der Waals surface area contributed by atoms with E-state index in [2.05, 4.69) is 46.2 Å². The molecule has 4 heteroatoms. The van der Waals surface area contributed by atoms with Crippen molar-refractivity contribution < 1.29 is 9.31 Å². The van der Waals surface area contributed by atoms with E-state index in [4.69, 9.17) is 9.31 Å². The van der Waals surface area contributed by atoms with Crippen LogP contribution in [0.4, 0.5) is 0 Å². The van der Waals surface area contributed by atoms with Crippen LogP contribution >= 0.6 is 0 Å². The van der Waals surface area contributed by atoms with Crippen LogP contribution in [0.15, 0.2) is 24.9 Å². The summed E-state index contributed by atoms with van der Waals surface area (Å²) in [6, 6.07) is 1.99. The van der Waals surface area contributed by atoms with Gasteiger partial charge in [-0.2, -0.15) is 0 Å². The molecule has 1 fully saturated rings. The SMILES string of the molecule is C=CCc1nccc(C)c1B1OC(C)(C)C(C)(C)O1. The smallest absolute Gasteiger partial charge is 0.399 e. The van der Waals surface area contributed by atoms with Crippen molar-refractivity contribution in [2.45, 2.75) is 52.2 Å². The van der Waals surface area contributed by atoms with E-state index < -0.39 is 0 Å². The summed E-state index contributed by atoms with van der Waals surface area (Å²) in [5.74, 6) is 0. The Morgan fingerprint density at radius 2 is 1.84 bits per heavy atom. The second-order valence-electron chi connectivity index (χ2n) is 6.07. The Labute approximate surface area is 116 Å². The highest BCUT2D eigenvalue weighted by atomic mass is 16.7. The largest absolute Gasteiger partial charge is 0.497 e. The first-order valence-corrected chi connectivity index (χ1v) is 6.69. The van der Waals surface area contributed by atoms with Crippen molar-refractivity contribution in [2.75, 3.05) is 0 Å². The summed E-state index contributed by atoms with van der Waals surface area (Å²) in [4.78, 5) is 4.44. The number of hydrogen-bond acceptors (Lipinski definition) is 3. The molecule has 1 saturated heterocycles. The monoisotopic (exact) mass is 259 g/mol. The first-order valence-electron chi connectivity index (χ1n) is 6.69. The molecule has 0 aromatic carbocycles. The molecule has 0 radical (unpaired) electrons. The van der Waals surface area contributed by atoms with E-state index in [1.54, 1.807) is 0 Å². The van der Waals surface area contributed by atoms with Crippen LogP contribution in [-0.4, -0.2) is 23.3 Å². The highest BCUT2D eigenvalue weighted by Gasteiger charge is 2.52. The van der Waals surface area contributed by atoms with Crippen LogP contribution in [0.25, 0.3) is 0 Å². The van der Waals surface area contributed by atoms with Gasteiger partial charge >= 0.3 is 7.12 Å². The van der Waals surface area contributed by atoms with Crippen molar-refractivity contribution in [3.8, 4) is 0 Å². The molecule has 0 unspecified atom stereocenters. The van der Waals surface area contributed by atoms with Crippen molar-refractivity contribution >= 4 is 12.6 Å². The fourth-order valence-electron chi connectivity index (χ4n) is 2.21. The minimum atomic E-state index is -0.353. The number of allylic oxidation sites excluding steroid dienone is 1. The van der Waals surface area contributed by atoms with Crippen molar-refractivity contribution in [1.82, 2.24) is 4.98 Å². The molecule has 102 valence electrons. The van der Waals surface area contributed by atoms with E-state index in [0.29, 0.717) is 0 Å². The van der Waals surface area contributed by atoms with Gasteiger partial charge in [0, 0.05) is 23.8 Å². The Kier molecular flexibility index (Phi) is 3.58. The zero-order valence-corrected chi connectivity index (χ0v) is 12.5. The second kappa shape index (κ2) is 4.76. The summed E-state index contributed by atoms with van der Waals surface area (Å²) in [6.07, 6.45) is 4.40. The first-order chi connectivity index (χ1) is 8.78. The van der Waals surface area contributed by atoms with E-state index in [-0.39, 0.29) is 18.3 Å². The zero-order valence-electron chi connectivity index (χ0n) is 12.5. The summed E-state index contributed by atoms with van der Waals surface area (Å²) in [7, 11) is -0.353. The Morgan fingerprint density at radius 3 is 2.37 bits per heavy atom. The third-order valence-electron chi connectivity index (χ3n) is 4.12. The van der Waals surface area contributed by atoms with Gasteiger partial charge in [-0.3, -0.25) is 4.98 Å². The predicted octanol–water partition coefficient (Wildman–Crippen LogP) is 2.42. The Morgan fingerprint density at radius 1 is 1.26 bits per heavy atom. The number of aryl methyl sites for hydroxylation is 1. The topological polar surface area (TPSA) is 31.4 Å². The number of aromatic nitrogens is 1. The standard InChI is InChI=1S/C15H22BNO2/c1-7-8-12-13(11(2)9-10-17-12)16-18-14(3,4)15(5,6)19-16/h7,9-10H,1,8H2,2-6H3. The first kappa shape index (κ1) is 14.3. The van der Waals surface area contributed by atoms with Crippen molar-refractivity contribution in [2.24, 2.45) is 0 Å². The summed E-state index contributed by atoms with van der Waals surface area (Å²) >= 11 is 0. The summed E-state index contributed by atoms with van der Waals surface area (Å²) in [5.41, 5.74) is 2.51. The zero-order chi connectivity index (χ0) is 14.3. The summed E-state index contributed by atoms with van der Waals surface area (Å²) in [6.45, 7) is 14.1. The van der Waals surface area contributed by atoms with Crippen molar-refractivity contribution in [3.63, 3.8) is 0 Å². The second-order valence-corrected chi connectivity index (χ2v) is 6.07. The molecule has 0 bridgehead atoms. The van der Waals surface area contributed by atoms with E-state index >= 15 is 0 Å². The van der Waals surface area contributed by atoms with Crippen LogP contribution in [0.1, 0.15) is 39.0 Å². The minimum Gasteiger partial charge on any atom is -0.399 e. The molecular weight excluding hydrogens is 237 g/mol. The molecule has 0 saturated carbocycles. The third-order valence-corrected chi connectivity index (χ3v) is 4.12. The van der Waals surface area contributed by atoms with Crippen LogP contribution in [0.3, 0.4) is 0 Å². The predicted molar refractivity (Wildman–Crippen MR) is 78.6 cm³/mol. The highest BCUT2D eigenvalue weighted by Crippen LogP contribution is 2.36. The van der Waals surface area contributed by atoms with Crippen LogP contribution in [0.5, 0.6) is 0 Å². The van der Waals surface area contributed by atoms with Crippen LogP contribution < -0.4 is 5.46 Å². The Bertz CT molecular complexity index is 481. The fraction of sp³-hybridized carbons (Fsp3) is 0.533. The lowest BCUT2D eigenvalue weighted by atomic mass is 9.74. The maximum absolute atomic E-state index is 6.12. The lowest BCUT2D eigenvalue weighted by molar-refractivity contribution is 0.00578. The molecule has 0 aliphatic carbocycles. The third kappa shape index (κ3) is 2.47. The van der Waals surface area contributed by atoms with Gasteiger partial charge in [-0.05, 0) is 46.2 Å². The van der Waals surface area contributed by atoms with Gasteiger partial charge in [0.25, 0.3) is 0 Å². The average molecular weight is 259 g/mol. The number of nitrogens with zero attached hydrogens (tertiary/aromatic N) is 1. The van der Waals surface area contributed by atoms with Crippen LogP contribution in [-0.2, 0) is 15.7 Å². The van der Waals surface area contributed by atoms with Crippen LogP contribution in [0, 0.1) is 6.92 Å². The maximum Gasteiger partial charge on any atom is 0.497 e. The van der Waals surface area contributed by atoms with Gasteiger partial charge in [0.05, 0.1) is 11.2 Å². The van der Waals surface area contributed by atoms with E-state index in [1.807, 2.05) is 18.3 Å². The molecule has 0 N–H and O–H groups in total. The van der Waals surface area contributed by atoms with Gasteiger partial charge in [-0.1, -0.05) is 6.08 Å². The molecule has 1 aromatic rings. The summed E-state index contributed by atoms with van der Waals surface area (Å²) < 4.78 is 12.2. The molecule has 0 atom stereocenters. The molecule has 19 heavy (non-hydrogen) atoms. The van der Waals surface area contributed by atoms with E-state index in [0.717, 1.165) is 23.1 Å². The maximum atomic E-state index is 6.12. The van der Waals surface area contributed by atoms with Crippen molar-refractivity contribution in [3.05, 3.63) is 36.2 Å². The normalized spacial score (nSPS) is 20.6. The molecule has 1 aromatic heterocycles. The number of pyridine rings is 1. The van der Waals surface area contributed by atoms with Gasteiger partial charge in [-0.15, -0.1) is 6.58 Å². The molecule has 2 rings (SSSR count). The molecule has 1 aliphatic heterocycles. The lowest BCUT2D eigenvalue weighted by Crippen LogP contribution is -2.41. The van der Waals surface area contributed by atoms with Crippen LogP contribution in [0.2, 0.25) is 0 Å². The Balaban J connectivity index is 2.41. The van der Waals surface area contributed by atoms with Gasteiger partial charge in [-0.25, -0.2) is 0 Å². The van der Waals surface area contributed by atoms with Gasteiger partial charge < -0.3 is 9.31 Å². The quantitative estimate of drug-likeness (QED) is 0.617. The summed E-state index contributed by atoms with van der Waals surface area (Å²) in [5, 5.41) is 0. The molecule has 1 aliphatic rings. The van der Waals surface area contributed by atoms with E-state index in [9.17, 15) is 0 Å². The lowest BCUT2D eigenvalue weighted by Gasteiger charge is -2.32. The molecular formula is C15H22BNO2. The van der Waals surface area contributed by atoms with Crippen molar-refractivity contribution in [1.29, 1.82) is 0 Å². The number of hydrogen-bond donors (Lipinski definition) is 0. The van der Waals surface area contributed by atoms with Gasteiger partial charge in [0.15, 0.2) is 0 Å². The van der Waals surface area contributed by atoms with Gasteiger partial charge in [0.2, 0.25) is 0 Å². The minimum absolute atomic E-state index is 0.328.